The third kappa shape index (κ3) is 37.0. The van der Waals surface area contributed by atoms with Gasteiger partial charge in [-0.15, -0.1) is 0 Å². The van der Waals surface area contributed by atoms with Crippen LogP contribution in [0.25, 0.3) is 0 Å². The van der Waals surface area contributed by atoms with Crippen molar-refractivity contribution in [1.29, 1.82) is 0 Å². The first-order chi connectivity index (χ1) is 7.45. The summed E-state index contributed by atoms with van der Waals surface area (Å²) in [5, 5.41) is 3.32. The molecule has 3 N–H and O–H groups in total. The van der Waals surface area contributed by atoms with Crippen LogP contribution in [0.15, 0.2) is 0 Å². The third-order valence-electron chi connectivity index (χ3n) is 1.38. The van der Waals surface area contributed by atoms with Crippen molar-refractivity contribution in [2.24, 2.45) is 5.73 Å². The Labute approximate surface area is 105 Å². The molecule has 0 aliphatic carbocycles. The van der Waals surface area contributed by atoms with E-state index in [4.69, 9.17) is 5.73 Å². The van der Waals surface area contributed by atoms with Crippen LogP contribution < -0.4 is 11.1 Å². The molecule has 0 aliphatic heterocycles. The highest BCUT2D eigenvalue weighted by Gasteiger charge is 2.06. The van der Waals surface area contributed by atoms with Gasteiger partial charge in [0, 0.05) is 18.1 Å². The summed E-state index contributed by atoms with van der Waals surface area (Å²) in [5.74, 6) is 0. The molecule has 16 heavy (non-hydrogen) atoms. The van der Waals surface area contributed by atoms with Gasteiger partial charge in [0.05, 0.1) is 0 Å². The lowest BCUT2D eigenvalue weighted by molar-refractivity contribution is 0.438. The first-order valence-electron chi connectivity index (χ1n) is 6.97. The van der Waals surface area contributed by atoms with Crippen LogP contribution >= 0.6 is 0 Å². The van der Waals surface area contributed by atoms with E-state index in [1.165, 1.54) is 6.42 Å². The normalized spacial score (nSPS) is 12.0. The van der Waals surface area contributed by atoms with E-state index in [1.807, 2.05) is 34.6 Å². The van der Waals surface area contributed by atoms with Crippen molar-refractivity contribution in [3.8, 4) is 0 Å². The summed E-state index contributed by atoms with van der Waals surface area (Å²) in [6.45, 7) is 20.6. The second-order valence-electron chi connectivity index (χ2n) is 3.68. The van der Waals surface area contributed by atoms with Crippen LogP contribution in [0.4, 0.5) is 0 Å². The molecule has 2 heteroatoms. The number of hydrogen-bond acceptors (Lipinski definition) is 2. The molecule has 0 heterocycles. The minimum absolute atomic E-state index is 0.243. The van der Waals surface area contributed by atoms with Gasteiger partial charge in [-0.2, -0.15) is 0 Å². The first-order valence-corrected chi connectivity index (χ1v) is 6.97. The molecule has 0 rings (SSSR count). The Morgan fingerprint density at radius 2 is 1.12 bits per heavy atom. The Balaban J connectivity index is -0.0000000864. The fourth-order valence-electron chi connectivity index (χ4n) is 0.678. The largest absolute Gasteiger partial charge is 0.327 e. The Kier molecular flexibility index (Phi) is 37.8. The number of rotatable bonds is 3. The molecule has 0 aromatic carbocycles. The van der Waals surface area contributed by atoms with Gasteiger partial charge in [-0.05, 0) is 13.8 Å². The van der Waals surface area contributed by atoms with Gasteiger partial charge in [0.15, 0.2) is 0 Å². The molecule has 0 saturated carbocycles. The van der Waals surface area contributed by atoms with Crippen molar-refractivity contribution in [3.05, 3.63) is 0 Å². The van der Waals surface area contributed by atoms with Gasteiger partial charge in [-0.3, -0.25) is 0 Å². The van der Waals surface area contributed by atoms with Crippen molar-refractivity contribution in [1.82, 2.24) is 5.32 Å². The van der Waals surface area contributed by atoms with E-state index in [0.717, 1.165) is 0 Å². The zero-order valence-electron chi connectivity index (χ0n) is 13.5. The molecule has 0 aliphatic rings. The Bertz CT molecular complexity index is 80.8. The van der Waals surface area contributed by atoms with Crippen molar-refractivity contribution in [2.45, 2.75) is 93.8 Å². The molecule has 0 fully saturated rings. The molecule has 2 unspecified atom stereocenters. The van der Waals surface area contributed by atoms with E-state index in [9.17, 15) is 0 Å². The van der Waals surface area contributed by atoms with Gasteiger partial charge in [0.2, 0.25) is 0 Å². The summed E-state index contributed by atoms with van der Waals surface area (Å²) in [4.78, 5) is 0. The van der Waals surface area contributed by atoms with E-state index in [-0.39, 0.29) is 6.04 Å². The minimum atomic E-state index is 0.243. The molecule has 0 spiro atoms. The standard InChI is InChI=1S/C7H18N2.C3H8.2C2H6/c1-5(2)9-7(4)6(3)8;1-3-2;2*1-2/h5-7,9H,8H2,1-4H3;3H2,1-2H3;2*1-2H3. The lowest BCUT2D eigenvalue weighted by atomic mass is 10.2. The highest BCUT2D eigenvalue weighted by atomic mass is 15.0. The van der Waals surface area contributed by atoms with E-state index in [1.54, 1.807) is 0 Å². The molecular formula is C14H38N2. The molecule has 0 bridgehead atoms. The summed E-state index contributed by atoms with van der Waals surface area (Å²) in [5.41, 5.74) is 5.62. The van der Waals surface area contributed by atoms with Crippen molar-refractivity contribution in [3.63, 3.8) is 0 Å². The highest BCUT2D eigenvalue weighted by molar-refractivity contribution is 4.71. The maximum atomic E-state index is 5.62. The van der Waals surface area contributed by atoms with Crippen LogP contribution in [-0.4, -0.2) is 18.1 Å². The fourth-order valence-corrected chi connectivity index (χ4v) is 0.678. The van der Waals surface area contributed by atoms with Gasteiger partial charge < -0.3 is 11.1 Å². The monoisotopic (exact) mass is 234 g/mol. The van der Waals surface area contributed by atoms with Crippen LogP contribution in [-0.2, 0) is 0 Å². The number of hydrogen-bond donors (Lipinski definition) is 2. The summed E-state index contributed by atoms with van der Waals surface area (Å²) in [6, 6.07) is 1.20. The molecule has 2 nitrogen and oxygen atoms in total. The molecular weight excluding hydrogens is 196 g/mol. The van der Waals surface area contributed by atoms with Crippen LogP contribution in [0.5, 0.6) is 0 Å². The Morgan fingerprint density at radius 1 is 0.875 bits per heavy atom. The van der Waals surface area contributed by atoms with Gasteiger partial charge in [-0.1, -0.05) is 61.8 Å². The Morgan fingerprint density at radius 3 is 1.19 bits per heavy atom. The average Bonchev–Trinajstić information content (AvgIpc) is 2.24. The van der Waals surface area contributed by atoms with Gasteiger partial charge in [-0.25, -0.2) is 0 Å². The van der Waals surface area contributed by atoms with Gasteiger partial charge in [0.25, 0.3) is 0 Å². The molecule has 0 aromatic rings. The molecule has 0 amide bonds. The maximum Gasteiger partial charge on any atom is 0.0190 e. The minimum Gasteiger partial charge on any atom is -0.327 e. The van der Waals surface area contributed by atoms with Crippen molar-refractivity contribution >= 4 is 0 Å². The van der Waals surface area contributed by atoms with Crippen LogP contribution in [0, 0.1) is 0 Å². The predicted molar refractivity (Wildman–Crippen MR) is 80.0 cm³/mol. The molecule has 2 atom stereocenters. The fraction of sp³-hybridized carbons (Fsp3) is 1.00. The smallest absolute Gasteiger partial charge is 0.0190 e. The summed E-state index contributed by atoms with van der Waals surface area (Å²) < 4.78 is 0. The van der Waals surface area contributed by atoms with E-state index >= 15 is 0 Å². The molecule has 0 aromatic heterocycles. The summed E-state index contributed by atoms with van der Waals surface area (Å²) in [7, 11) is 0. The van der Waals surface area contributed by atoms with Crippen molar-refractivity contribution in [2.75, 3.05) is 0 Å². The predicted octanol–water partition coefficient (Wildman–Crippen LogP) is 4.19. The first kappa shape index (κ1) is 24.9. The lowest BCUT2D eigenvalue weighted by Crippen LogP contribution is -2.43. The zero-order valence-corrected chi connectivity index (χ0v) is 13.5. The summed E-state index contributed by atoms with van der Waals surface area (Å²) in [6.07, 6.45) is 1.25. The van der Waals surface area contributed by atoms with Crippen molar-refractivity contribution < 1.29 is 0 Å². The molecule has 104 valence electrons. The quantitative estimate of drug-likeness (QED) is 0.768. The number of nitrogens with one attached hydrogen (secondary N) is 1. The Hall–Kier alpha value is -0.0800. The van der Waals surface area contributed by atoms with E-state index in [2.05, 4.69) is 39.9 Å². The molecule has 0 radical (unpaired) electrons. The van der Waals surface area contributed by atoms with E-state index in [0.29, 0.717) is 12.1 Å². The molecule has 0 saturated heterocycles. The second-order valence-corrected chi connectivity index (χ2v) is 3.68. The van der Waals surface area contributed by atoms with Gasteiger partial charge in [0.1, 0.15) is 0 Å². The third-order valence-corrected chi connectivity index (χ3v) is 1.38. The maximum absolute atomic E-state index is 5.62. The average molecular weight is 234 g/mol. The zero-order chi connectivity index (χ0) is 14.1. The van der Waals surface area contributed by atoms with E-state index < -0.39 is 0 Å². The topological polar surface area (TPSA) is 38.0 Å². The van der Waals surface area contributed by atoms with Gasteiger partial charge >= 0.3 is 0 Å². The lowest BCUT2D eigenvalue weighted by Gasteiger charge is -2.19. The van der Waals surface area contributed by atoms with Crippen LogP contribution in [0.3, 0.4) is 0 Å². The SMILES string of the molecule is CC.CC.CC(C)NC(C)C(C)N.CCC. The number of nitrogens with two attached hydrogens (primary N) is 1. The second kappa shape index (κ2) is 24.2. The highest BCUT2D eigenvalue weighted by Crippen LogP contribution is 1.89. The van der Waals surface area contributed by atoms with Crippen LogP contribution in [0.2, 0.25) is 0 Å². The summed E-state index contributed by atoms with van der Waals surface area (Å²) >= 11 is 0. The van der Waals surface area contributed by atoms with Crippen LogP contribution in [0.1, 0.15) is 75.7 Å².